The van der Waals surface area contributed by atoms with E-state index in [2.05, 4.69) is 12.6 Å². The van der Waals surface area contributed by atoms with Crippen LogP contribution in [-0.2, 0) is 28.4 Å². The average molecular weight is 659 g/mol. The van der Waals surface area contributed by atoms with Crippen molar-refractivity contribution in [1.82, 2.24) is 0 Å². The molecule has 0 aromatic carbocycles. The van der Waals surface area contributed by atoms with Crippen molar-refractivity contribution < 1.29 is 28.4 Å². The van der Waals surface area contributed by atoms with Crippen molar-refractivity contribution in [1.29, 1.82) is 0 Å². The Morgan fingerprint density at radius 2 is 0.944 bits per heavy atom. The second-order valence-corrected chi connectivity index (χ2v) is 20.1. The largest absolute Gasteiger partial charge is 0.360 e. The lowest BCUT2D eigenvalue weighted by atomic mass is 10.6. The number of methoxy groups -OCH3 is 2. The molecule has 0 aliphatic rings. The molecule has 36 heavy (non-hydrogen) atoms. The first-order valence-electron chi connectivity index (χ1n) is 13.3. The van der Waals surface area contributed by atoms with Crippen LogP contribution in [0.3, 0.4) is 0 Å². The smallest absolute Gasteiger partial charge is 0.134 e. The van der Waals surface area contributed by atoms with Gasteiger partial charge in [0.2, 0.25) is 0 Å². The van der Waals surface area contributed by atoms with Gasteiger partial charge in [0.05, 0.1) is 28.6 Å². The van der Waals surface area contributed by atoms with Crippen molar-refractivity contribution in [2.24, 2.45) is 0 Å². The maximum Gasteiger partial charge on any atom is 0.134 e. The van der Waals surface area contributed by atoms with Crippen molar-refractivity contribution in [3.05, 3.63) is 0 Å². The molecule has 0 atom stereocenters. The van der Waals surface area contributed by atoms with Gasteiger partial charge in [0.1, 0.15) is 17.7 Å². The van der Waals surface area contributed by atoms with E-state index in [4.69, 9.17) is 28.4 Å². The van der Waals surface area contributed by atoms with Crippen LogP contribution in [0.5, 0.6) is 0 Å². The maximum atomic E-state index is 5.62. The first kappa shape index (κ1) is 40.3. The van der Waals surface area contributed by atoms with Gasteiger partial charge in [-0.25, -0.2) is 0 Å². The van der Waals surface area contributed by atoms with Gasteiger partial charge in [-0.05, 0) is 72.4 Å². The summed E-state index contributed by atoms with van der Waals surface area (Å²) in [7, 11) is 10.5. The van der Waals surface area contributed by atoms with E-state index in [-0.39, 0.29) is 46.3 Å². The van der Waals surface area contributed by atoms with Crippen LogP contribution >= 0.6 is 53.9 Å². The Morgan fingerprint density at radius 3 is 1.28 bits per heavy atom. The summed E-state index contributed by atoms with van der Waals surface area (Å²) in [6.07, 6.45) is 3.76. The van der Waals surface area contributed by atoms with Crippen LogP contribution in [0.15, 0.2) is 0 Å². The molecule has 0 amide bonds. The number of rotatable bonds is 27. The fraction of sp³-hybridized carbons (Fsp3) is 1.00. The molecule has 14 heteroatoms. The van der Waals surface area contributed by atoms with Gasteiger partial charge in [0, 0.05) is 52.2 Å². The molecule has 0 aromatic rings. The van der Waals surface area contributed by atoms with E-state index in [0.29, 0.717) is 0 Å². The Bertz CT molecular complexity index is 373. The van der Waals surface area contributed by atoms with Gasteiger partial charge in [0.25, 0.3) is 0 Å². The second kappa shape index (κ2) is 35.2. The van der Waals surface area contributed by atoms with Crippen LogP contribution in [0.2, 0.25) is 18.1 Å². The van der Waals surface area contributed by atoms with Crippen molar-refractivity contribution in [3.63, 3.8) is 0 Å². The second-order valence-electron chi connectivity index (χ2n) is 7.57. The molecular formula is C22H54O6S5Si3. The molecule has 0 rings (SSSR count). The predicted molar refractivity (Wildman–Crippen MR) is 180 cm³/mol. The molecule has 220 valence electrons. The lowest BCUT2D eigenvalue weighted by molar-refractivity contribution is -0.0829. The van der Waals surface area contributed by atoms with Crippen LogP contribution in [-0.4, -0.2) is 104 Å². The number of hydrogen-bond donors (Lipinski definition) is 1. The number of ether oxygens (including phenoxy) is 6. The lowest BCUT2D eigenvalue weighted by Crippen LogP contribution is -2.24. The van der Waals surface area contributed by atoms with Crippen LogP contribution < -0.4 is 0 Å². The summed E-state index contributed by atoms with van der Waals surface area (Å²) in [4.78, 5) is 0. The van der Waals surface area contributed by atoms with E-state index in [9.17, 15) is 0 Å². The molecule has 0 saturated heterocycles. The highest BCUT2D eigenvalue weighted by Crippen LogP contribution is 2.43. The molecule has 0 aromatic heterocycles. The van der Waals surface area contributed by atoms with E-state index in [0.717, 1.165) is 32.2 Å². The van der Waals surface area contributed by atoms with Gasteiger partial charge in [-0.3, -0.25) is 0 Å². The third kappa shape index (κ3) is 30.7. The monoisotopic (exact) mass is 658 g/mol. The number of hydrogen-bond acceptors (Lipinski definition) is 11. The molecular weight excluding hydrogens is 605 g/mol. The minimum atomic E-state index is -0.261. The lowest BCUT2D eigenvalue weighted by Gasteiger charge is -2.16. The minimum absolute atomic E-state index is 0.111. The number of thiol groups is 1. The third-order valence-corrected chi connectivity index (χ3v) is 17.4. The highest BCUT2D eigenvalue weighted by Gasteiger charge is 2.09. The van der Waals surface area contributed by atoms with Crippen LogP contribution in [0.25, 0.3) is 0 Å². The van der Waals surface area contributed by atoms with Crippen molar-refractivity contribution in [2.75, 3.05) is 57.9 Å². The summed E-state index contributed by atoms with van der Waals surface area (Å²) >= 11 is 4.12. The van der Waals surface area contributed by atoms with Crippen LogP contribution in [0.4, 0.5) is 0 Å². The van der Waals surface area contributed by atoms with E-state index in [1.165, 1.54) is 48.9 Å². The van der Waals surface area contributed by atoms with E-state index in [1.807, 2.05) is 68.9 Å². The molecule has 0 heterocycles. The Kier molecular flexibility index (Phi) is 39.4. The molecule has 0 bridgehead atoms. The average Bonchev–Trinajstić information content (AvgIpc) is 2.88. The standard InChI is InChI=1S/C16H38O4S4Si2.C6H16O2SSi/c1-5-17-15(18-6-2)25-13-9-11-21-23-24-22-12-10-14-26-16(19-7-3)20-8-4;1-7-6(8-2)10-5-3-4-9/h15-16H,5-14,25-26H2,1-4H3;6,9H,3-5,10H2,1-2H3. The van der Waals surface area contributed by atoms with Crippen LogP contribution in [0, 0.1) is 0 Å². The molecule has 0 saturated carbocycles. The predicted octanol–water partition coefficient (Wildman–Crippen LogP) is 4.80. The quantitative estimate of drug-likeness (QED) is 0.0438. The van der Waals surface area contributed by atoms with Gasteiger partial charge >= 0.3 is 0 Å². The zero-order chi connectivity index (χ0) is 27.1. The third-order valence-electron chi connectivity index (χ3n) is 4.74. The topological polar surface area (TPSA) is 55.4 Å². The molecule has 0 aliphatic carbocycles. The Hall–Kier alpha value is 2.16. The molecule has 0 aliphatic heterocycles. The molecule has 0 radical (unpaired) electrons. The van der Waals surface area contributed by atoms with E-state index in [1.54, 1.807) is 14.2 Å². The zero-order valence-electron chi connectivity index (χ0n) is 23.6. The molecule has 0 fully saturated rings. The summed E-state index contributed by atoms with van der Waals surface area (Å²) in [6.45, 7) is 11.2. The maximum absolute atomic E-state index is 5.62. The normalized spacial score (nSPS) is 12.5. The van der Waals surface area contributed by atoms with Gasteiger partial charge in [0.15, 0.2) is 0 Å². The van der Waals surface area contributed by atoms with E-state index < -0.39 is 0 Å². The van der Waals surface area contributed by atoms with Crippen molar-refractivity contribution >= 4 is 82.4 Å². The molecule has 0 unspecified atom stereocenters. The highest BCUT2D eigenvalue weighted by molar-refractivity contribution is 9.26. The SMILES string of the molecule is CCOC(OCC)[SiH2]CCCSSSSCCC[SiH2]C(OCC)OCC.COC(OC)[SiH2]CCCS. The Labute approximate surface area is 250 Å². The van der Waals surface area contributed by atoms with E-state index >= 15 is 0 Å². The molecule has 6 nitrogen and oxygen atoms in total. The Balaban J connectivity index is 0. The summed E-state index contributed by atoms with van der Waals surface area (Å²) < 4.78 is 32.6. The molecule has 0 N–H and O–H groups in total. The highest BCUT2D eigenvalue weighted by atomic mass is 33.7. The van der Waals surface area contributed by atoms with Gasteiger partial charge in [-0.2, -0.15) is 12.6 Å². The van der Waals surface area contributed by atoms with Gasteiger partial charge < -0.3 is 28.4 Å². The first-order valence-corrected chi connectivity index (χ1v) is 24.6. The first-order chi connectivity index (χ1) is 17.6. The van der Waals surface area contributed by atoms with Crippen molar-refractivity contribution in [2.45, 2.75) is 82.8 Å². The zero-order valence-corrected chi connectivity index (χ0v) is 32.0. The fourth-order valence-electron chi connectivity index (χ4n) is 2.98. The summed E-state index contributed by atoms with van der Waals surface area (Å²) in [5.74, 6) is 3.80. The summed E-state index contributed by atoms with van der Waals surface area (Å²) in [6, 6.07) is 3.87. The molecule has 0 spiro atoms. The van der Waals surface area contributed by atoms with Crippen molar-refractivity contribution in [3.8, 4) is 0 Å². The minimum Gasteiger partial charge on any atom is -0.360 e. The van der Waals surface area contributed by atoms with Gasteiger partial charge in [-0.15, -0.1) is 0 Å². The Morgan fingerprint density at radius 1 is 0.583 bits per heavy atom. The fourth-order valence-corrected chi connectivity index (χ4v) is 15.3. The van der Waals surface area contributed by atoms with Crippen LogP contribution in [0.1, 0.15) is 47.0 Å². The summed E-state index contributed by atoms with van der Waals surface area (Å²) in [5, 5.41) is 0. The van der Waals surface area contributed by atoms with Gasteiger partial charge in [-0.1, -0.05) is 39.7 Å². The summed E-state index contributed by atoms with van der Waals surface area (Å²) in [5.41, 5.74) is 0.